The lowest BCUT2D eigenvalue weighted by Crippen LogP contribution is -2.01. The van der Waals surface area contributed by atoms with Gasteiger partial charge < -0.3 is 4.74 Å². The van der Waals surface area contributed by atoms with Crippen molar-refractivity contribution in [1.82, 2.24) is 4.98 Å². The molecule has 0 radical (unpaired) electrons. The molecule has 0 saturated heterocycles. The Kier molecular flexibility index (Phi) is 5.08. The Morgan fingerprint density at radius 3 is 2.67 bits per heavy atom. The molecule has 1 heterocycles. The molecule has 0 unspecified atom stereocenters. The van der Waals surface area contributed by atoms with E-state index in [0.29, 0.717) is 12.4 Å². The largest absolute Gasteiger partial charge is 0.493 e. The van der Waals surface area contributed by atoms with Crippen LogP contribution in [0.1, 0.15) is 23.2 Å². The van der Waals surface area contributed by atoms with Crippen molar-refractivity contribution in [3.8, 4) is 5.75 Å². The summed E-state index contributed by atoms with van der Waals surface area (Å²) in [6.45, 7) is 2.82. The molecule has 0 bridgehead atoms. The van der Waals surface area contributed by atoms with Crippen LogP contribution in [-0.4, -0.2) is 11.6 Å². The maximum absolute atomic E-state index is 5.70. The number of nitrogens with zero attached hydrogens (tertiary/aromatic N) is 1. The zero-order valence-electron chi connectivity index (χ0n) is 10.4. The number of hydrogen-bond donors (Lipinski definition) is 1. The number of thiazole rings is 1. The highest BCUT2D eigenvalue weighted by Gasteiger charge is 2.01. The van der Waals surface area contributed by atoms with Crippen molar-refractivity contribution in [3.05, 3.63) is 45.9 Å². The van der Waals surface area contributed by atoms with Gasteiger partial charge in [-0.2, -0.15) is 12.6 Å². The first-order chi connectivity index (χ1) is 8.81. The summed E-state index contributed by atoms with van der Waals surface area (Å²) < 4.78 is 5.70. The Morgan fingerprint density at radius 2 is 2.06 bits per heavy atom. The SMILES string of the molecule is CCc1ccc(OCCc2nc(CS)cs2)cc1. The fourth-order valence-corrected chi connectivity index (χ4v) is 2.68. The van der Waals surface area contributed by atoms with E-state index in [9.17, 15) is 0 Å². The summed E-state index contributed by atoms with van der Waals surface area (Å²) in [7, 11) is 0. The molecule has 2 rings (SSSR count). The zero-order valence-corrected chi connectivity index (χ0v) is 12.1. The molecule has 0 N–H and O–H groups in total. The van der Waals surface area contributed by atoms with Crippen LogP contribution in [0.4, 0.5) is 0 Å². The van der Waals surface area contributed by atoms with E-state index in [1.54, 1.807) is 11.3 Å². The van der Waals surface area contributed by atoms with E-state index in [1.165, 1.54) is 5.56 Å². The van der Waals surface area contributed by atoms with Gasteiger partial charge in [0.15, 0.2) is 0 Å². The van der Waals surface area contributed by atoms with Crippen molar-refractivity contribution >= 4 is 24.0 Å². The van der Waals surface area contributed by atoms with E-state index in [2.05, 4.69) is 42.0 Å². The fourth-order valence-electron chi connectivity index (χ4n) is 1.61. The van der Waals surface area contributed by atoms with Crippen LogP contribution in [0, 0.1) is 0 Å². The van der Waals surface area contributed by atoms with E-state index in [0.717, 1.165) is 29.3 Å². The zero-order chi connectivity index (χ0) is 12.8. The summed E-state index contributed by atoms with van der Waals surface area (Å²) in [6.07, 6.45) is 1.92. The Labute approximate surface area is 117 Å². The van der Waals surface area contributed by atoms with E-state index in [-0.39, 0.29) is 0 Å². The summed E-state index contributed by atoms with van der Waals surface area (Å²) >= 11 is 5.88. The predicted octanol–water partition coefficient (Wildman–Crippen LogP) is 3.76. The number of rotatable bonds is 6. The van der Waals surface area contributed by atoms with E-state index >= 15 is 0 Å². The Hall–Kier alpha value is -1.00. The summed E-state index contributed by atoms with van der Waals surface area (Å²) in [6, 6.07) is 8.27. The smallest absolute Gasteiger partial charge is 0.119 e. The third-order valence-electron chi connectivity index (χ3n) is 2.68. The molecule has 18 heavy (non-hydrogen) atoms. The van der Waals surface area contributed by atoms with Gasteiger partial charge in [0.25, 0.3) is 0 Å². The van der Waals surface area contributed by atoms with Crippen molar-refractivity contribution < 1.29 is 4.74 Å². The Balaban J connectivity index is 1.80. The van der Waals surface area contributed by atoms with Gasteiger partial charge in [-0.3, -0.25) is 0 Å². The minimum Gasteiger partial charge on any atom is -0.493 e. The normalized spacial score (nSPS) is 10.6. The fraction of sp³-hybridized carbons (Fsp3) is 0.357. The van der Waals surface area contributed by atoms with Crippen LogP contribution in [0.3, 0.4) is 0 Å². The van der Waals surface area contributed by atoms with Gasteiger partial charge in [0, 0.05) is 17.6 Å². The Bertz CT molecular complexity index is 479. The molecule has 0 spiro atoms. The maximum atomic E-state index is 5.70. The van der Waals surface area contributed by atoms with Crippen LogP contribution in [0.15, 0.2) is 29.6 Å². The van der Waals surface area contributed by atoms with E-state index < -0.39 is 0 Å². The predicted molar refractivity (Wildman–Crippen MR) is 79.8 cm³/mol. The second kappa shape index (κ2) is 6.81. The molecule has 0 fully saturated rings. The summed E-state index contributed by atoms with van der Waals surface area (Å²) in [5, 5.41) is 3.17. The molecule has 96 valence electrons. The number of benzene rings is 1. The Morgan fingerprint density at radius 1 is 1.28 bits per heavy atom. The first kappa shape index (κ1) is 13.4. The molecule has 1 aromatic carbocycles. The second-order valence-corrected chi connectivity index (χ2v) is 5.25. The average Bonchev–Trinajstić information content (AvgIpc) is 2.87. The van der Waals surface area contributed by atoms with Crippen LogP contribution in [0.5, 0.6) is 5.75 Å². The van der Waals surface area contributed by atoms with Gasteiger partial charge in [-0.1, -0.05) is 19.1 Å². The molecule has 1 aromatic heterocycles. The number of ether oxygens (including phenoxy) is 1. The molecule has 0 aliphatic carbocycles. The summed E-state index contributed by atoms with van der Waals surface area (Å²) in [5.74, 6) is 1.63. The molecule has 2 aromatic rings. The topological polar surface area (TPSA) is 22.1 Å². The van der Waals surface area contributed by atoms with Gasteiger partial charge in [0.2, 0.25) is 0 Å². The lowest BCUT2D eigenvalue weighted by molar-refractivity contribution is 0.321. The maximum Gasteiger partial charge on any atom is 0.119 e. The monoisotopic (exact) mass is 279 g/mol. The van der Waals surface area contributed by atoms with Crippen LogP contribution in [0.2, 0.25) is 0 Å². The quantitative estimate of drug-likeness (QED) is 0.813. The standard InChI is InChI=1S/C14H17NOS2/c1-2-11-3-5-13(6-4-11)16-8-7-14-15-12(9-17)10-18-14/h3-6,10,17H,2,7-9H2,1H3. The highest BCUT2D eigenvalue weighted by atomic mass is 32.1. The number of aryl methyl sites for hydroxylation is 1. The first-order valence-electron chi connectivity index (χ1n) is 6.07. The molecular weight excluding hydrogens is 262 g/mol. The van der Waals surface area contributed by atoms with Gasteiger partial charge in [0.05, 0.1) is 17.3 Å². The molecule has 0 saturated carbocycles. The van der Waals surface area contributed by atoms with Crippen molar-refractivity contribution in [2.45, 2.75) is 25.5 Å². The van der Waals surface area contributed by atoms with Crippen LogP contribution in [-0.2, 0) is 18.6 Å². The van der Waals surface area contributed by atoms with Gasteiger partial charge in [0.1, 0.15) is 5.75 Å². The van der Waals surface area contributed by atoms with Crippen molar-refractivity contribution in [2.24, 2.45) is 0 Å². The highest BCUT2D eigenvalue weighted by molar-refractivity contribution is 7.79. The molecule has 0 amide bonds. The minimum atomic E-state index is 0.672. The van der Waals surface area contributed by atoms with Crippen molar-refractivity contribution in [3.63, 3.8) is 0 Å². The van der Waals surface area contributed by atoms with Gasteiger partial charge in [-0.15, -0.1) is 11.3 Å². The van der Waals surface area contributed by atoms with Gasteiger partial charge in [-0.25, -0.2) is 4.98 Å². The van der Waals surface area contributed by atoms with Crippen LogP contribution in [0.25, 0.3) is 0 Å². The van der Waals surface area contributed by atoms with Crippen LogP contribution >= 0.6 is 24.0 Å². The summed E-state index contributed by atoms with van der Waals surface area (Å²) in [5.41, 5.74) is 2.38. The number of hydrogen-bond acceptors (Lipinski definition) is 4. The average molecular weight is 279 g/mol. The van der Waals surface area contributed by atoms with Gasteiger partial charge >= 0.3 is 0 Å². The molecular formula is C14H17NOS2. The molecule has 2 nitrogen and oxygen atoms in total. The molecule has 0 atom stereocenters. The third-order valence-corrected chi connectivity index (χ3v) is 3.96. The first-order valence-corrected chi connectivity index (χ1v) is 7.59. The third kappa shape index (κ3) is 3.75. The number of thiol groups is 1. The van der Waals surface area contributed by atoms with Gasteiger partial charge in [-0.05, 0) is 24.1 Å². The second-order valence-electron chi connectivity index (χ2n) is 3.99. The summed E-state index contributed by atoms with van der Waals surface area (Å²) in [4.78, 5) is 4.45. The lowest BCUT2D eigenvalue weighted by Gasteiger charge is -2.05. The lowest BCUT2D eigenvalue weighted by atomic mass is 10.2. The highest BCUT2D eigenvalue weighted by Crippen LogP contribution is 2.15. The molecule has 0 aliphatic rings. The minimum absolute atomic E-state index is 0.672. The van der Waals surface area contributed by atoms with E-state index in [1.807, 2.05) is 12.1 Å². The van der Waals surface area contributed by atoms with E-state index in [4.69, 9.17) is 4.74 Å². The van der Waals surface area contributed by atoms with Crippen molar-refractivity contribution in [2.75, 3.05) is 6.61 Å². The molecule has 4 heteroatoms. The van der Waals surface area contributed by atoms with Crippen LogP contribution < -0.4 is 4.74 Å². The molecule has 0 aliphatic heterocycles. The van der Waals surface area contributed by atoms with Crippen molar-refractivity contribution in [1.29, 1.82) is 0 Å². The number of aromatic nitrogens is 1.